The van der Waals surface area contributed by atoms with Crippen LogP contribution in [-0.4, -0.2) is 76.8 Å². The number of hydrogen-bond acceptors (Lipinski definition) is 5. The molecule has 3 aromatic carbocycles. The highest BCUT2D eigenvalue weighted by Crippen LogP contribution is 2.38. The zero-order valence-electron chi connectivity index (χ0n) is 23.4. The first-order chi connectivity index (χ1) is 19.5. The molecule has 0 bridgehead atoms. The monoisotopic (exact) mass is 577 g/mol. The van der Waals surface area contributed by atoms with Gasteiger partial charge in [-0.25, -0.2) is 8.42 Å². The highest BCUT2D eigenvalue weighted by atomic mass is 32.2. The predicted molar refractivity (Wildman–Crippen MR) is 154 cm³/mol. The van der Waals surface area contributed by atoms with Gasteiger partial charge < -0.3 is 14.9 Å². The number of hydrogen-bond donors (Lipinski definition) is 1. The van der Waals surface area contributed by atoms with Gasteiger partial charge in [-0.15, -0.1) is 0 Å². The van der Waals surface area contributed by atoms with E-state index in [0.29, 0.717) is 6.54 Å². The molecule has 10 heteroatoms. The summed E-state index contributed by atoms with van der Waals surface area (Å²) in [6.07, 6.45) is -1.30. The molecule has 0 aromatic heterocycles. The van der Waals surface area contributed by atoms with Crippen LogP contribution < -0.4 is 0 Å². The zero-order valence-corrected chi connectivity index (χ0v) is 24.3. The second kappa shape index (κ2) is 11.3. The van der Waals surface area contributed by atoms with Crippen molar-refractivity contribution in [2.24, 2.45) is 5.92 Å². The van der Waals surface area contributed by atoms with Crippen molar-refractivity contribution >= 4 is 38.6 Å². The molecule has 216 valence electrons. The second-order valence-corrected chi connectivity index (χ2v) is 13.2. The number of fused-ring (bicyclic) bond motifs is 2. The van der Waals surface area contributed by atoms with Gasteiger partial charge in [0.15, 0.2) is 0 Å². The van der Waals surface area contributed by atoms with Crippen LogP contribution in [0.5, 0.6) is 0 Å². The number of carbonyl (C=O) groups excluding carboxylic acids is 2. The summed E-state index contributed by atoms with van der Waals surface area (Å²) in [6.45, 7) is 6.35. The van der Waals surface area contributed by atoms with Crippen LogP contribution in [0.2, 0.25) is 0 Å². The Labute approximate surface area is 240 Å². The lowest BCUT2D eigenvalue weighted by Crippen LogP contribution is -2.64. The molecule has 0 aliphatic carbocycles. The van der Waals surface area contributed by atoms with Gasteiger partial charge in [-0.3, -0.25) is 14.4 Å². The van der Waals surface area contributed by atoms with Gasteiger partial charge in [0.25, 0.3) is 0 Å². The van der Waals surface area contributed by atoms with E-state index in [1.807, 2.05) is 69.3 Å². The first kappa shape index (κ1) is 28.8. The molecule has 2 heterocycles. The number of aliphatic carboxylic acids is 1. The topological polar surface area (TPSA) is 115 Å². The Balaban J connectivity index is 1.61. The van der Waals surface area contributed by atoms with E-state index in [-0.39, 0.29) is 42.5 Å². The fraction of sp³-hybridized carbons (Fsp3) is 0.387. The predicted octanol–water partition coefficient (Wildman–Crippen LogP) is 3.65. The summed E-state index contributed by atoms with van der Waals surface area (Å²) in [4.78, 5) is 42.5. The minimum atomic E-state index is -4.26. The average Bonchev–Trinajstić information content (AvgIpc) is 3.21. The van der Waals surface area contributed by atoms with Gasteiger partial charge in [0, 0.05) is 19.4 Å². The smallest absolute Gasteiger partial charge is 0.303 e. The number of carboxylic acids is 1. The first-order valence-corrected chi connectivity index (χ1v) is 15.3. The van der Waals surface area contributed by atoms with E-state index < -0.39 is 40.1 Å². The lowest BCUT2D eigenvalue weighted by Gasteiger charge is -2.44. The zero-order chi connectivity index (χ0) is 29.5. The van der Waals surface area contributed by atoms with Crippen LogP contribution in [0.25, 0.3) is 10.8 Å². The Morgan fingerprint density at radius 3 is 2.29 bits per heavy atom. The largest absolute Gasteiger partial charge is 0.481 e. The molecule has 5 rings (SSSR count). The fourth-order valence-corrected chi connectivity index (χ4v) is 7.71. The standard InChI is InChI=1S/C31H35N3O6S/c1-20(2)18-32-19-28-33(27(30(32)37)16-22-10-8-21(3)9-11-22)31(38)26(14-15-29(35)36)34(28)41(39,40)25-13-12-23-6-4-5-7-24(23)17-25/h4-13,17,20,26-28H,14-16,18-19H2,1-3H3,(H,35,36). The molecular formula is C31H35N3O6S. The lowest BCUT2D eigenvalue weighted by atomic mass is 9.99. The maximum absolute atomic E-state index is 14.3. The lowest BCUT2D eigenvalue weighted by molar-refractivity contribution is -0.153. The Kier molecular flexibility index (Phi) is 7.89. The summed E-state index contributed by atoms with van der Waals surface area (Å²) in [5.41, 5.74) is 1.91. The van der Waals surface area contributed by atoms with Crippen molar-refractivity contribution < 1.29 is 27.9 Å². The minimum Gasteiger partial charge on any atom is -0.481 e. The summed E-state index contributed by atoms with van der Waals surface area (Å²) in [5, 5.41) is 11.0. The number of sulfonamides is 1. The van der Waals surface area contributed by atoms with Crippen LogP contribution in [0, 0.1) is 12.8 Å². The number of piperazine rings is 1. The third-order valence-corrected chi connectivity index (χ3v) is 9.74. The van der Waals surface area contributed by atoms with Crippen molar-refractivity contribution in [3.8, 4) is 0 Å². The van der Waals surface area contributed by atoms with Crippen molar-refractivity contribution in [1.29, 1.82) is 0 Å². The number of aryl methyl sites for hydroxylation is 1. The average molecular weight is 578 g/mol. The molecule has 41 heavy (non-hydrogen) atoms. The third-order valence-electron chi connectivity index (χ3n) is 7.84. The van der Waals surface area contributed by atoms with E-state index in [1.54, 1.807) is 17.0 Å². The first-order valence-electron chi connectivity index (χ1n) is 13.9. The van der Waals surface area contributed by atoms with Gasteiger partial charge in [-0.2, -0.15) is 4.31 Å². The van der Waals surface area contributed by atoms with Crippen LogP contribution >= 0.6 is 0 Å². The highest BCUT2D eigenvalue weighted by molar-refractivity contribution is 7.89. The van der Waals surface area contributed by atoms with Gasteiger partial charge in [0.2, 0.25) is 21.8 Å². The Morgan fingerprint density at radius 1 is 0.951 bits per heavy atom. The van der Waals surface area contributed by atoms with E-state index in [4.69, 9.17) is 0 Å². The van der Waals surface area contributed by atoms with E-state index in [9.17, 15) is 27.9 Å². The molecule has 2 amide bonds. The van der Waals surface area contributed by atoms with Gasteiger partial charge >= 0.3 is 5.97 Å². The van der Waals surface area contributed by atoms with Crippen LogP contribution in [0.4, 0.5) is 0 Å². The normalized spacial score (nSPS) is 21.6. The number of benzene rings is 3. The van der Waals surface area contributed by atoms with Gasteiger partial charge in [0.1, 0.15) is 18.2 Å². The fourth-order valence-electron chi connectivity index (χ4n) is 5.93. The molecule has 9 nitrogen and oxygen atoms in total. The van der Waals surface area contributed by atoms with E-state index in [1.165, 1.54) is 15.3 Å². The number of amides is 2. The molecule has 0 radical (unpaired) electrons. The maximum atomic E-state index is 14.3. The molecule has 3 aromatic rings. The highest BCUT2D eigenvalue weighted by Gasteiger charge is 2.58. The minimum absolute atomic E-state index is 0.0174. The van der Waals surface area contributed by atoms with Crippen molar-refractivity contribution in [2.75, 3.05) is 13.1 Å². The van der Waals surface area contributed by atoms with Crippen LogP contribution in [0.3, 0.4) is 0 Å². The number of carbonyl (C=O) groups is 3. The summed E-state index contributed by atoms with van der Waals surface area (Å²) >= 11 is 0. The molecule has 2 aliphatic rings. The van der Waals surface area contributed by atoms with Crippen LogP contribution in [0.1, 0.15) is 37.8 Å². The number of nitrogens with zero attached hydrogens (tertiary/aromatic N) is 3. The Bertz CT molecular complexity index is 1590. The van der Waals surface area contributed by atoms with Crippen molar-refractivity contribution in [1.82, 2.24) is 14.1 Å². The number of carboxylic acid groups (broad SMARTS) is 1. The summed E-state index contributed by atoms with van der Waals surface area (Å²) in [7, 11) is -4.26. The summed E-state index contributed by atoms with van der Waals surface area (Å²) in [6, 6.07) is 17.7. The summed E-state index contributed by atoms with van der Waals surface area (Å²) in [5.74, 6) is -1.77. The quantitative estimate of drug-likeness (QED) is 0.415. The molecule has 1 N–H and O–H groups in total. The maximum Gasteiger partial charge on any atom is 0.303 e. The Morgan fingerprint density at radius 2 is 1.63 bits per heavy atom. The van der Waals surface area contributed by atoms with Crippen molar-refractivity contribution in [3.63, 3.8) is 0 Å². The molecule has 3 atom stereocenters. The van der Waals surface area contributed by atoms with Crippen molar-refractivity contribution in [2.45, 2.75) is 63.2 Å². The van der Waals surface area contributed by atoms with Crippen LogP contribution in [0.15, 0.2) is 71.6 Å². The molecule has 2 saturated heterocycles. The third kappa shape index (κ3) is 5.58. The molecule has 2 fully saturated rings. The van der Waals surface area contributed by atoms with Gasteiger partial charge in [0.05, 0.1) is 11.4 Å². The van der Waals surface area contributed by atoms with E-state index >= 15 is 0 Å². The summed E-state index contributed by atoms with van der Waals surface area (Å²) < 4.78 is 29.9. The Hall–Kier alpha value is -3.76. The van der Waals surface area contributed by atoms with Crippen LogP contribution in [-0.2, 0) is 30.8 Å². The molecule has 2 aliphatic heterocycles. The molecule has 0 saturated carbocycles. The second-order valence-electron chi connectivity index (χ2n) is 11.4. The van der Waals surface area contributed by atoms with E-state index in [2.05, 4.69) is 0 Å². The molecular weight excluding hydrogens is 542 g/mol. The number of rotatable bonds is 9. The molecule has 0 spiro atoms. The van der Waals surface area contributed by atoms with E-state index in [0.717, 1.165) is 21.9 Å². The van der Waals surface area contributed by atoms with Gasteiger partial charge in [-0.05, 0) is 47.7 Å². The SMILES string of the molecule is Cc1ccc(CC2C(=O)N(CC(C)C)CC3N2C(=O)C(CCC(=O)O)N3S(=O)(=O)c2ccc3ccccc3c2)cc1. The van der Waals surface area contributed by atoms with Crippen molar-refractivity contribution in [3.05, 3.63) is 77.9 Å². The van der Waals surface area contributed by atoms with Gasteiger partial charge in [-0.1, -0.05) is 74.0 Å². The molecule has 3 unspecified atom stereocenters.